The molecule has 1 fully saturated rings. The summed E-state index contributed by atoms with van der Waals surface area (Å²) in [5.74, 6) is -1.34. The number of esters is 1. The van der Waals surface area contributed by atoms with Crippen molar-refractivity contribution in [1.82, 2.24) is 15.3 Å². The molecular formula is C21H27Cl2FN3O8PS. The lowest BCUT2D eigenvalue weighted by Crippen LogP contribution is -2.55. The van der Waals surface area contributed by atoms with Crippen LogP contribution in [-0.4, -0.2) is 74.9 Å². The van der Waals surface area contributed by atoms with Crippen molar-refractivity contribution in [3.8, 4) is 5.75 Å². The number of rotatable bonds is 10. The Hall–Kier alpha value is -1.54. The number of carbonyl (C=O) groups excluding carboxylic acids is 2. The highest BCUT2D eigenvalue weighted by molar-refractivity contribution is 8.09. The largest absolute Gasteiger partial charge is 0.462 e. The van der Waals surface area contributed by atoms with Gasteiger partial charge in [0.2, 0.25) is 0 Å². The zero-order valence-electron chi connectivity index (χ0n) is 19.9. The van der Waals surface area contributed by atoms with Crippen molar-refractivity contribution in [1.29, 1.82) is 0 Å². The molecule has 2 aliphatic rings. The monoisotopic (exact) mass is 601 g/mol. The average molecular weight is 602 g/mol. The first kappa shape index (κ1) is 30.0. The summed E-state index contributed by atoms with van der Waals surface area (Å²) in [6, 6.07) is 6.57. The van der Waals surface area contributed by atoms with Crippen molar-refractivity contribution < 1.29 is 42.7 Å². The number of halogens is 3. The lowest BCUT2D eigenvalue weighted by molar-refractivity contribution is -0.149. The summed E-state index contributed by atoms with van der Waals surface area (Å²) in [6.07, 6.45) is -5.98. The van der Waals surface area contributed by atoms with Crippen LogP contribution in [0.15, 0.2) is 42.4 Å². The Balaban J connectivity index is 1.77. The third-order valence-electron chi connectivity index (χ3n) is 5.09. The lowest BCUT2D eigenvalue weighted by Gasteiger charge is -2.34. The third-order valence-corrected chi connectivity index (χ3v) is 8.41. The number of benzene rings is 1. The summed E-state index contributed by atoms with van der Waals surface area (Å²) in [5, 5.41) is 25.0. The summed E-state index contributed by atoms with van der Waals surface area (Å²) >= 11 is 18.2. The first-order valence-electron chi connectivity index (χ1n) is 11.1. The molecule has 206 valence electrons. The molecule has 0 bridgehead atoms. The maximum Gasteiger partial charge on any atom is 0.326 e. The number of ether oxygens (including phenoxy) is 2. The fourth-order valence-corrected chi connectivity index (χ4v) is 6.32. The summed E-state index contributed by atoms with van der Waals surface area (Å²) in [7, 11) is 0. The van der Waals surface area contributed by atoms with Gasteiger partial charge in [0.15, 0.2) is 22.6 Å². The van der Waals surface area contributed by atoms with Crippen LogP contribution in [0.25, 0.3) is 0 Å². The van der Waals surface area contributed by atoms with Crippen molar-refractivity contribution in [3.63, 3.8) is 0 Å². The van der Waals surface area contributed by atoms with Gasteiger partial charge in [-0.05, 0) is 44.7 Å². The van der Waals surface area contributed by atoms with E-state index in [-0.39, 0.29) is 6.10 Å². The van der Waals surface area contributed by atoms with E-state index in [1.807, 2.05) is 5.32 Å². The minimum atomic E-state index is -3.49. The molecule has 2 aliphatic heterocycles. The topological polar surface area (TPSA) is 139 Å². The number of aliphatic hydroxyl groups excluding tert-OH is 2. The Morgan fingerprint density at radius 1 is 1.32 bits per heavy atom. The Kier molecular flexibility index (Phi) is 9.82. The van der Waals surface area contributed by atoms with Crippen LogP contribution in [0.2, 0.25) is 0 Å². The van der Waals surface area contributed by atoms with Gasteiger partial charge >= 0.3 is 18.6 Å². The fraction of sp³-hybridized carbons (Fsp3) is 0.524. The molecule has 2 amide bonds. The normalized spacial score (nSPS) is 27.8. The summed E-state index contributed by atoms with van der Waals surface area (Å²) < 4.78 is 34.4. The summed E-state index contributed by atoms with van der Waals surface area (Å²) in [5.41, 5.74) is 0. The molecule has 11 nitrogen and oxygen atoms in total. The van der Waals surface area contributed by atoms with Gasteiger partial charge in [0.25, 0.3) is 0 Å². The van der Waals surface area contributed by atoms with Gasteiger partial charge in [0.05, 0.1) is 12.7 Å². The minimum Gasteiger partial charge on any atom is -0.462 e. The van der Waals surface area contributed by atoms with E-state index in [4.69, 9.17) is 53.5 Å². The molecule has 0 aromatic heterocycles. The molecule has 0 saturated carbocycles. The molecule has 2 unspecified atom stereocenters. The number of para-hydroxylation sites is 1. The molecule has 2 heterocycles. The molecule has 0 aliphatic carbocycles. The SMILES string of the molecule is CC(C)OC(=O)[C@@H](C)NP(=S)(OC[C@H]1O[C@@H](N2C=C(F)C(O)NC2=O)C(Cl)(Cl)[C@@H]1O)Oc1ccccc1. The molecule has 3 rings (SSSR count). The van der Waals surface area contributed by atoms with E-state index in [1.165, 1.54) is 6.92 Å². The van der Waals surface area contributed by atoms with Gasteiger partial charge in [-0.2, -0.15) is 0 Å². The number of hydrogen-bond donors (Lipinski definition) is 4. The lowest BCUT2D eigenvalue weighted by atomic mass is 10.1. The highest BCUT2D eigenvalue weighted by Gasteiger charge is 2.58. The molecule has 4 N–H and O–H groups in total. The van der Waals surface area contributed by atoms with E-state index in [0.29, 0.717) is 16.8 Å². The number of nitrogens with zero attached hydrogens (tertiary/aromatic N) is 1. The molecule has 16 heteroatoms. The molecule has 6 atom stereocenters. The Morgan fingerprint density at radius 3 is 2.59 bits per heavy atom. The van der Waals surface area contributed by atoms with Gasteiger partial charge in [0.1, 0.15) is 24.0 Å². The smallest absolute Gasteiger partial charge is 0.326 e. The molecule has 1 aromatic carbocycles. The minimum absolute atomic E-state index is 0.349. The first-order chi connectivity index (χ1) is 17.2. The van der Waals surface area contributed by atoms with E-state index in [9.17, 15) is 24.2 Å². The third kappa shape index (κ3) is 7.31. The maximum atomic E-state index is 13.9. The van der Waals surface area contributed by atoms with Gasteiger partial charge in [-0.25, -0.2) is 14.3 Å². The highest BCUT2D eigenvalue weighted by atomic mass is 35.5. The predicted molar refractivity (Wildman–Crippen MR) is 136 cm³/mol. The molecular weight excluding hydrogens is 575 g/mol. The molecule has 1 saturated heterocycles. The molecule has 0 spiro atoms. The highest BCUT2D eigenvalue weighted by Crippen LogP contribution is 2.48. The Labute approximate surface area is 228 Å². The van der Waals surface area contributed by atoms with E-state index < -0.39 is 66.1 Å². The van der Waals surface area contributed by atoms with Gasteiger partial charge in [0, 0.05) is 6.20 Å². The van der Waals surface area contributed by atoms with Gasteiger partial charge in [-0.3, -0.25) is 9.69 Å². The number of aliphatic hydroxyl groups is 2. The van der Waals surface area contributed by atoms with Crippen LogP contribution in [0, 0.1) is 0 Å². The van der Waals surface area contributed by atoms with Crippen molar-refractivity contribution >= 4 is 53.7 Å². The second-order valence-electron chi connectivity index (χ2n) is 8.45. The van der Waals surface area contributed by atoms with Gasteiger partial charge < -0.3 is 34.1 Å². The average Bonchev–Trinajstić information content (AvgIpc) is 3.03. The van der Waals surface area contributed by atoms with Crippen molar-refractivity contribution in [2.24, 2.45) is 0 Å². The van der Waals surface area contributed by atoms with Gasteiger partial charge in [-0.15, -0.1) is 0 Å². The van der Waals surface area contributed by atoms with E-state index >= 15 is 0 Å². The maximum absolute atomic E-state index is 13.9. The number of amides is 2. The zero-order chi connectivity index (χ0) is 27.5. The molecule has 37 heavy (non-hydrogen) atoms. The number of carbonyl (C=O) groups is 2. The molecule has 0 radical (unpaired) electrons. The standard InChI is InChI=1S/C21H27Cl2FN3O8PS/c1-11(2)33-18(30)12(3)26-36(37,35-13-7-5-4-6-8-13)32-10-15-16(28)21(22,23)19(34-15)27-9-14(24)17(29)25-20(27)31/h4-9,11-12,15-17,19,28-29H,10H2,1-3H3,(H,25,31)(H,26,37)/t12-,15-,16-,17?,19-,36?/m1/s1. The van der Waals surface area contributed by atoms with Crippen LogP contribution in [0.4, 0.5) is 9.18 Å². The van der Waals surface area contributed by atoms with Crippen LogP contribution in [-0.2, 0) is 30.6 Å². The van der Waals surface area contributed by atoms with E-state index in [1.54, 1.807) is 44.2 Å². The van der Waals surface area contributed by atoms with E-state index in [0.717, 1.165) is 0 Å². The number of urea groups is 1. The van der Waals surface area contributed by atoms with Crippen molar-refractivity contribution in [2.75, 3.05) is 6.61 Å². The molecule has 1 aromatic rings. The first-order valence-corrected chi connectivity index (χ1v) is 14.5. The van der Waals surface area contributed by atoms with Gasteiger partial charge in [-0.1, -0.05) is 41.4 Å². The van der Waals surface area contributed by atoms with Crippen molar-refractivity contribution in [2.45, 2.75) is 61.9 Å². The summed E-state index contributed by atoms with van der Waals surface area (Å²) in [4.78, 5) is 25.3. The second-order valence-corrected chi connectivity index (χ2v) is 13.0. The predicted octanol–water partition coefficient (Wildman–Crippen LogP) is 2.65. The van der Waals surface area contributed by atoms with Crippen LogP contribution < -0.4 is 14.9 Å². The number of alkyl halides is 2. The summed E-state index contributed by atoms with van der Waals surface area (Å²) in [6.45, 7) is 0.985. The number of hydrogen-bond acceptors (Lipinski definition) is 9. The fourth-order valence-electron chi connectivity index (χ4n) is 3.31. The Bertz CT molecular complexity index is 1070. The van der Waals surface area contributed by atoms with Crippen molar-refractivity contribution in [3.05, 3.63) is 42.4 Å². The second kappa shape index (κ2) is 12.1. The van der Waals surface area contributed by atoms with Crippen LogP contribution in [0.1, 0.15) is 20.8 Å². The Morgan fingerprint density at radius 2 is 1.97 bits per heavy atom. The number of nitrogens with one attached hydrogen (secondary N) is 2. The van der Waals surface area contributed by atoms with Crippen LogP contribution in [0.3, 0.4) is 0 Å². The van der Waals surface area contributed by atoms with E-state index in [2.05, 4.69) is 5.09 Å². The van der Waals surface area contributed by atoms with Crippen LogP contribution >= 0.6 is 29.8 Å². The quantitative estimate of drug-likeness (QED) is 0.180. The zero-order valence-corrected chi connectivity index (χ0v) is 23.1. The van der Waals surface area contributed by atoms with Crippen LogP contribution in [0.5, 0.6) is 5.75 Å².